The lowest BCUT2D eigenvalue weighted by molar-refractivity contribution is -0.147. The second-order valence-corrected chi connectivity index (χ2v) is 3.83. The van der Waals surface area contributed by atoms with Crippen LogP contribution in [0.5, 0.6) is 5.75 Å². The molecule has 1 aromatic carbocycles. The van der Waals surface area contributed by atoms with Gasteiger partial charge >= 0.3 is 5.97 Å². The zero-order chi connectivity index (χ0) is 12.8. The molecule has 0 fully saturated rings. The van der Waals surface area contributed by atoms with Crippen LogP contribution < -0.4 is 0 Å². The van der Waals surface area contributed by atoms with Gasteiger partial charge in [0.2, 0.25) is 0 Å². The van der Waals surface area contributed by atoms with E-state index in [2.05, 4.69) is 0 Å². The van der Waals surface area contributed by atoms with Crippen LogP contribution >= 0.6 is 0 Å². The van der Waals surface area contributed by atoms with Crippen LogP contribution in [0, 0.1) is 5.92 Å². The summed E-state index contributed by atoms with van der Waals surface area (Å²) in [5.41, 5.74) is 0.485. The number of aromatic hydroxyl groups is 1. The van der Waals surface area contributed by atoms with Crippen LogP contribution in [-0.4, -0.2) is 23.5 Å². The van der Waals surface area contributed by atoms with Crippen LogP contribution in [0.25, 0.3) is 0 Å². The SMILES string of the molecule is CCOC(=O)[C@H](C)CC(=O)c1ccc(O)cc1. The monoisotopic (exact) mass is 236 g/mol. The van der Waals surface area contributed by atoms with E-state index in [9.17, 15) is 9.59 Å². The minimum atomic E-state index is -0.448. The van der Waals surface area contributed by atoms with E-state index in [1.807, 2.05) is 0 Å². The van der Waals surface area contributed by atoms with Crippen LogP contribution in [0.15, 0.2) is 24.3 Å². The smallest absolute Gasteiger partial charge is 0.309 e. The van der Waals surface area contributed by atoms with Gasteiger partial charge in [0.15, 0.2) is 5.78 Å². The first-order chi connectivity index (χ1) is 8.04. The number of hydrogen-bond acceptors (Lipinski definition) is 4. The summed E-state index contributed by atoms with van der Waals surface area (Å²) in [7, 11) is 0. The number of Topliss-reactive ketones (excluding diaryl/α,β-unsaturated/α-hetero) is 1. The van der Waals surface area contributed by atoms with E-state index in [0.29, 0.717) is 12.2 Å². The molecular formula is C13H16O4. The quantitative estimate of drug-likeness (QED) is 0.628. The molecule has 0 spiro atoms. The Morgan fingerprint density at radius 1 is 1.29 bits per heavy atom. The Balaban J connectivity index is 2.60. The van der Waals surface area contributed by atoms with Gasteiger partial charge < -0.3 is 9.84 Å². The minimum absolute atomic E-state index is 0.111. The average Bonchev–Trinajstić information content (AvgIpc) is 2.30. The van der Waals surface area contributed by atoms with Gasteiger partial charge in [0, 0.05) is 12.0 Å². The van der Waals surface area contributed by atoms with E-state index < -0.39 is 5.92 Å². The highest BCUT2D eigenvalue weighted by atomic mass is 16.5. The fourth-order valence-corrected chi connectivity index (χ4v) is 1.41. The normalized spacial score (nSPS) is 11.9. The number of hydrogen-bond donors (Lipinski definition) is 1. The Labute approximate surface area is 100 Å². The first-order valence-electron chi connectivity index (χ1n) is 5.53. The van der Waals surface area contributed by atoms with Crippen molar-refractivity contribution in [3.63, 3.8) is 0 Å². The fourth-order valence-electron chi connectivity index (χ4n) is 1.41. The molecular weight excluding hydrogens is 220 g/mol. The highest BCUT2D eigenvalue weighted by molar-refractivity contribution is 5.98. The molecule has 1 atom stereocenters. The maximum absolute atomic E-state index is 11.8. The van der Waals surface area contributed by atoms with Crippen molar-refractivity contribution >= 4 is 11.8 Å². The van der Waals surface area contributed by atoms with Crippen molar-refractivity contribution in [3.8, 4) is 5.75 Å². The van der Waals surface area contributed by atoms with Crippen molar-refractivity contribution in [2.24, 2.45) is 5.92 Å². The van der Waals surface area contributed by atoms with Gasteiger partial charge in [-0.3, -0.25) is 9.59 Å². The first-order valence-corrected chi connectivity index (χ1v) is 5.53. The molecule has 1 rings (SSSR count). The standard InChI is InChI=1S/C13H16O4/c1-3-17-13(16)9(2)8-12(15)10-4-6-11(14)7-5-10/h4-7,9,14H,3,8H2,1-2H3/t9-/m1/s1. The van der Waals surface area contributed by atoms with Crippen molar-refractivity contribution < 1.29 is 19.4 Å². The van der Waals surface area contributed by atoms with Gasteiger partial charge in [-0.25, -0.2) is 0 Å². The third kappa shape index (κ3) is 3.90. The lowest BCUT2D eigenvalue weighted by atomic mass is 10.00. The number of ether oxygens (including phenoxy) is 1. The Morgan fingerprint density at radius 2 is 1.88 bits per heavy atom. The van der Waals surface area contributed by atoms with E-state index in [1.54, 1.807) is 13.8 Å². The highest BCUT2D eigenvalue weighted by Crippen LogP contribution is 2.14. The Kier molecular flexibility index (Phi) is 4.69. The first kappa shape index (κ1) is 13.2. The maximum atomic E-state index is 11.8. The Hall–Kier alpha value is -1.84. The third-order valence-electron chi connectivity index (χ3n) is 2.37. The van der Waals surface area contributed by atoms with Crippen molar-refractivity contribution in [1.82, 2.24) is 0 Å². The number of phenols is 1. The van der Waals surface area contributed by atoms with E-state index in [4.69, 9.17) is 9.84 Å². The lowest BCUT2D eigenvalue weighted by Gasteiger charge is -2.09. The Morgan fingerprint density at radius 3 is 2.41 bits per heavy atom. The second-order valence-electron chi connectivity index (χ2n) is 3.83. The number of benzene rings is 1. The minimum Gasteiger partial charge on any atom is -0.508 e. The summed E-state index contributed by atoms with van der Waals surface area (Å²) in [6.07, 6.45) is 0.115. The molecule has 0 amide bonds. The molecule has 0 bridgehead atoms. The number of phenolic OH excluding ortho intramolecular Hbond substituents is 1. The summed E-state index contributed by atoms with van der Waals surface area (Å²) in [4.78, 5) is 23.1. The summed E-state index contributed by atoms with van der Waals surface area (Å²) in [5.74, 6) is -0.832. The molecule has 0 radical (unpaired) electrons. The molecule has 1 aromatic rings. The van der Waals surface area contributed by atoms with Gasteiger partial charge in [0.05, 0.1) is 12.5 Å². The zero-order valence-corrected chi connectivity index (χ0v) is 9.97. The summed E-state index contributed by atoms with van der Waals surface area (Å²) in [6.45, 7) is 3.71. The predicted octanol–water partition coefficient (Wildman–Crippen LogP) is 2.16. The molecule has 1 N–H and O–H groups in total. The third-order valence-corrected chi connectivity index (χ3v) is 2.37. The lowest BCUT2D eigenvalue weighted by Crippen LogP contribution is -2.18. The van der Waals surface area contributed by atoms with Crippen LogP contribution in [0.3, 0.4) is 0 Å². The second kappa shape index (κ2) is 6.03. The number of carbonyl (C=O) groups is 2. The zero-order valence-electron chi connectivity index (χ0n) is 9.97. The summed E-state index contributed by atoms with van der Waals surface area (Å²) < 4.78 is 4.83. The van der Waals surface area contributed by atoms with Crippen molar-refractivity contribution in [3.05, 3.63) is 29.8 Å². The number of rotatable bonds is 5. The molecule has 0 aliphatic rings. The fraction of sp³-hybridized carbons (Fsp3) is 0.385. The molecule has 4 nitrogen and oxygen atoms in total. The van der Waals surface area contributed by atoms with Gasteiger partial charge in [0.25, 0.3) is 0 Å². The van der Waals surface area contributed by atoms with Crippen molar-refractivity contribution in [1.29, 1.82) is 0 Å². The molecule has 0 heterocycles. The highest BCUT2D eigenvalue weighted by Gasteiger charge is 2.18. The summed E-state index contributed by atoms with van der Waals surface area (Å²) in [6, 6.07) is 5.97. The van der Waals surface area contributed by atoms with Gasteiger partial charge in [-0.1, -0.05) is 6.92 Å². The molecule has 0 aromatic heterocycles. The van der Waals surface area contributed by atoms with Crippen LogP contribution in [0.1, 0.15) is 30.6 Å². The number of carbonyl (C=O) groups excluding carboxylic acids is 2. The molecule has 92 valence electrons. The average molecular weight is 236 g/mol. The van der Waals surface area contributed by atoms with Gasteiger partial charge in [-0.2, -0.15) is 0 Å². The van der Waals surface area contributed by atoms with E-state index in [-0.39, 0.29) is 23.9 Å². The van der Waals surface area contributed by atoms with Crippen molar-refractivity contribution in [2.75, 3.05) is 6.61 Å². The maximum Gasteiger partial charge on any atom is 0.309 e. The molecule has 0 unspecified atom stereocenters. The molecule has 0 saturated carbocycles. The summed E-state index contributed by atoms with van der Waals surface area (Å²) >= 11 is 0. The molecule has 0 aliphatic carbocycles. The molecule has 4 heteroatoms. The molecule has 17 heavy (non-hydrogen) atoms. The van der Waals surface area contributed by atoms with Crippen LogP contribution in [0.4, 0.5) is 0 Å². The van der Waals surface area contributed by atoms with E-state index in [1.165, 1.54) is 24.3 Å². The molecule has 0 aliphatic heterocycles. The Bertz CT molecular complexity index is 394. The largest absolute Gasteiger partial charge is 0.508 e. The van der Waals surface area contributed by atoms with Crippen molar-refractivity contribution in [2.45, 2.75) is 20.3 Å². The van der Waals surface area contributed by atoms with E-state index in [0.717, 1.165) is 0 Å². The van der Waals surface area contributed by atoms with Gasteiger partial charge in [0.1, 0.15) is 5.75 Å². The van der Waals surface area contributed by atoms with Gasteiger partial charge in [-0.15, -0.1) is 0 Å². The van der Waals surface area contributed by atoms with E-state index >= 15 is 0 Å². The van der Waals surface area contributed by atoms with Crippen LogP contribution in [0.2, 0.25) is 0 Å². The molecule has 0 saturated heterocycles. The number of esters is 1. The van der Waals surface area contributed by atoms with Gasteiger partial charge in [-0.05, 0) is 31.2 Å². The van der Waals surface area contributed by atoms with Crippen LogP contribution in [-0.2, 0) is 9.53 Å². The topological polar surface area (TPSA) is 63.6 Å². The summed E-state index contributed by atoms with van der Waals surface area (Å²) in [5, 5.41) is 9.09. The predicted molar refractivity (Wildman–Crippen MR) is 62.9 cm³/mol. The number of ketones is 1.